The molecule has 3 amide bonds. The van der Waals surface area contributed by atoms with E-state index in [0.717, 1.165) is 42.4 Å². The summed E-state index contributed by atoms with van der Waals surface area (Å²) in [4.78, 5) is 41.9. The zero-order valence-electron chi connectivity index (χ0n) is 22.9. The quantitative estimate of drug-likeness (QED) is 0.528. The van der Waals surface area contributed by atoms with E-state index in [4.69, 9.17) is 4.74 Å². The van der Waals surface area contributed by atoms with Gasteiger partial charge in [0.15, 0.2) is 0 Å². The lowest BCUT2D eigenvalue weighted by Crippen LogP contribution is -2.55. The van der Waals surface area contributed by atoms with E-state index in [1.807, 2.05) is 52.8 Å². The van der Waals surface area contributed by atoms with Gasteiger partial charge in [-0.15, -0.1) is 0 Å². The molecule has 2 N–H and O–H groups in total. The molecule has 1 aliphatic rings. The van der Waals surface area contributed by atoms with Crippen LogP contribution in [0.4, 0.5) is 4.79 Å². The van der Waals surface area contributed by atoms with Crippen LogP contribution in [-0.2, 0) is 14.3 Å². The summed E-state index contributed by atoms with van der Waals surface area (Å²) < 4.78 is 5.41. The number of alkyl carbamates (subject to hydrolysis) is 1. The van der Waals surface area contributed by atoms with Crippen molar-refractivity contribution in [2.45, 2.75) is 111 Å². The molecule has 0 bridgehead atoms. The zero-order chi connectivity index (χ0) is 26.3. The highest BCUT2D eigenvalue weighted by atomic mass is 16.6. The summed E-state index contributed by atoms with van der Waals surface area (Å²) in [7, 11) is 0. The van der Waals surface area contributed by atoms with Crippen molar-refractivity contribution in [1.29, 1.82) is 0 Å². The molecular formula is C28H45N3O4. The third-order valence-electron chi connectivity index (χ3n) is 6.56. The number of carbonyl (C=O) groups excluding carboxylic acids is 3. The minimum atomic E-state index is -0.820. The first-order chi connectivity index (χ1) is 16.4. The number of aryl methyl sites for hydroxylation is 2. The molecule has 0 heterocycles. The van der Waals surface area contributed by atoms with Crippen molar-refractivity contribution in [3.8, 4) is 0 Å². The van der Waals surface area contributed by atoms with Crippen LogP contribution in [-0.4, -0.2) is 47.0 Å². The Kier molecular flexibility index (Phi) is 10.2. The van der Waals surface area contributed by atoms with Crippen molar-refractivity contribution >= 4 is 17.9 Å². The first-order valence-electron chi connectivity index (χ1n) is 13.0. The second-order valence-electron chi connectivity index (χ2n) is 11.0. The fourth-order valence-electron chi connectivity index (χ4n) is 4.81. The van der Waals surface area contributed by atoms with Gasteiger partial charge in [-0.1, -0.05) is 51.3 Å². The molecule has 1 aromatic rings. The van der Waals surface area contributed by atoms with Crippen LogP contribution < -0.4 is 10.6 Å². The number of rotatable bonds is 8. The van der Waals surface area contributed by atoms with E-state index in [9.17, 15) is 14.4 Å². The maximum atomic E-state index is 13.9. The third kappa shape index (κ3) is 7.97. The second-order valence-corrected chi connectivity index (χ2v) is 11.0. The molecule has 1 saturated carbocycles. The van der Waals surface area contributed by atoms with E-state index in [0.29, 0.717) is 6.54 Å². The molecule has 2 unspecified atom stereocenters. The number of nitrogens with one attached hydrogen (secondary N) is 2. The lowest BCUT2D eigenvalue weighted by Gasteiger charge is -2.37. The van der Waals surface area contributed by atoms with Crippen molar-refractivity contribution in [2.75, 3.05) is 6.54 Å². The van der Waals surface area contributed by atoms with Gasteiger partial charge in [0.25, 0.3) is 0 Å². The van der Waals surface area contributed by atoms with Crippen molar-refractivity contribution in [3.63, 3.8) is 0 Å². The molecule has 196 valence electrons. The summed E-state index contributed by atoms with van der Waals surface area (Å²) >= 11 is 0. The molecule has 1 fully saturated rings. The van der Waals surface area contributed by atoms with Gasteiger partial charge in [-0.2, -0.15) is 0 Å². The van der Waals surface area contributed by atoms with Crippen LogP contribution in [0.25, 0.3) is 0 Å². The fraction of sp³-hybridized carbons (Fsp3) is 0.679. The average molecular weight is 488 g/mol. The Labute approximate surface area is 211 Å². The summed E-state index contributed by atoms with van der Waals surface area (Å²) in [6, 6.07) is 4.43. The Balaban J connectivity index is 2.43. The van der Waals surface area contributed by atoms with Gasteiger partial charge in [0.2, 0.25) is 11.8 Å². The van der Waals surface area contributed by atoms with E-state index in [1.54, 1.807) is 25.7 Å². The van der Waals surface area contributed by atoms with Crippen molar-refractivity contribution < 1.29 is 19.1 Å². The Morgan fingerprint density at radius 1 is 1.06 bits per heavy atom. The number of benzene rings is 1. The van der Waals surface area contributed by atoms with Gasteiger partial charge in [-0.05, 0) is 77.0 Å². The van der Waals surface area contributed by atoms with Gasteiger partial charge >= 0.3 is 6.09 Å². The number of hydrogen-bond acceptors (Lipinski definition) is 4. The van der Waals surface area contributed by atoms with Gasteiger partial charge in [-0.3, -0.25) is 9.59 Å². The van der Waals surface area contributed by atoms with Gasteiger partial charge in [-0.25, -0.2) is 4.79 Å². The molecule has 0 radical (unpaired) electrons. The second kappa shape index (κ2) is 12.4. The van der Waals surface area contributed by atoms with Crippen molar-refractivity contribution in [3.05, 3.63) is 34.9 Å². The highest BCUT2D eigenvalue weighted by Crippen LogP contribution is 2.30. The first-order valence-corrected chi connectivity index (χ1v) is 13.0. The molecule has 7 heteroatoms. The molecule has 35 heavy (non-hydrogen) atoms. The SMILES string of the molecule is CCN(C(=O)C(NC(=O)OC(C)(C)C)C(C)C)C(C(=O)NC1CCCCC1)c1c(C)cccc1C. The molecule has 0 spiro atoms. The Hall–Kier alpha value is -2.57. The molecule has 2 atom stereocenters. The van der Waals surface area contributed by atoms with Crippen LogP contribution in [0.3, 0.4) is 0 Å². The minimum absolute atomic E-state index is 0.123. The van der Waals surface area contributed by atoms with Crippen LogP contribution in [0.5, 0.6) is 0 Å². The highest BCUT2D eigenvalue weighted by molar-refractivity contribution is 5.92. The maximum Gasteiger partial charge on any atom is 0.408 e. The van der Waals surface area contributed by atoms with Crippen molar-refractivity contribution in [2.24, 2.45) is 5.92 Å². The van der Waals surface area contributed by atoms with Crippen LogP contribution in [0, 0.1) is 19.8 Å². The predicted octanol–water partition coefficient (Wildman–Crippen LogP) is 5.19. The number of hydrogen-bond donors (Lipinski definition) is 2. The Bertz CT molecular complexity index is 864. The molecule has 1 aliphatic carbocycles. The minimum Gasteiger partial charge on any atom is -0.444 e. The van der Waals surface area contributed by atoms with Crippen LogP contribution in [0.2, 0.25) is 0 Å². The fourth-order valence-corrected chi connectivity index (χ4v) is 4.81. The predicted molar refractivity (Wildman–Crippen MR) is 139 cm³/mol. The van der Waals surface area contributed by atoms with Crippen LogP contribution in [0.1, 0.15) is 96.4 Å². The molecule has 0 aromatic heterocycles. The lowest BCUT2D eigenvalue weighted by atomic mass is 9.91. The summed E-state index contributed by atoms with van der Waals surface area (Å²) in [5.74, 6) is -0.645. The lowest BCUT2D eigenvalue weighted by molar-refractivity contribution is -0.143. The number of likely N-dealkylation sites (N-methyl/N-ethyl adjacent to an activating group) is 1. The number of carbonyl (C=O) groups is 3. The average Bonchev–Trinajstić information content (AvgIpc) is 2.75. The van der Waals surface area contributed by atoms with Crippen molar-refractivity contribution in [1.82, 2.24) is 15.5 Å². The molecule has 1 aromatic carbocycles. The first kappa shape index (κ1) is 28.7. The zero-order valence-corrected chi connectivity index (χ0v) is 22.9. The molecule has 0 saturated heterocycles. The monoisotopic (exact) mass is 487 g/mol. The van der Waals surface area contributed by atoms with Gasteiger partial charge in [0.05, 0.1) is 0 Å². The maximum absolute atomic E-state index is 13.9. The van der Waals surface area contributed by atoms with Gasteiger partial charge < -0.3 is 20.3 Å². The number of ether oxygens (including phenoxy) is 1. The van der Waals surface area contributed by atoms with E-state index in [2.05, 4.69) is 10.6 Å². The molecule has 2 rings (SSSR count). The largest absolute Gasteiger partial charge is 0.444 e. The van der Waals surface area contributed by atoms with E-state index in [1.165, 1.54) is 6.42 Å². The third-order valence-corrected chi connectivity index (χ3v) is 6.56. The Morgan fingerprint density at radius 2 is 1.63 bits per heavy atom. The molecule has 7 nitrogen and oxygen atoms in total. The van der Waals surface area contributed by atoms with Gasteiger partial charge in [0, 0.05) is 12.6 Å². The molecular weight excluding hydrogens is 442 g/mol. The molecule has 0 aliphatic heterocycles. The number of nitrogens with zero attached hydrogens (tertiary/aromatic N) is 1. The van der Waals surface area contributed by atoms with E-state index < -0.39 is 23.8 Å². The summed E-state index contributed by atoms with van der Waals surface area (Å²) in [5, 5.41) is 6.00. The van der Waals surface area contributed by atoms with E-state index in [-0.39, 0.29) is 23.8 Å². The van der Waals surface area contributed by atoms with Crippen LogP contribution >= 0.6 is 0 Å². The highest BCUT2D eigenvalue weighted by Gasteiger charge is 2.38. The van der Waals surface area contributed by atoms with Gasteiger partial charge in [0.1, 0.15) is 17.7 Å². The topological polar surface area (TPSA) is 87.7 Å². The normalized spacial score (nSPS) is 16.4. The standard InChI is InChI=1S/C28H45N3O4/c1-9-31(26(33)23(18(2)3)30-27(34)35-28(6,7)8)24(22-19(4)14-13-15-20(22)5)25(32)29-21-16-11-10-12-17-21/h13-15,18,21,23-24H,9-12,16-17H2,1-8H3,(H,29,32)(H,30,34). The van der Waals surface area contributed by atoms with Crippen LogP contribution in [0.15, 0.2) is 18.2 Å². The number of amides is 3. The summed E-state index contributed by atoms with van der Waals surface area (Å²) in [6.45, 7) is 15.2. The smallest absolute Gasteiger partial charge is 0.408 e. The van der Waals surface area contributed by atoms with E-state index >= 15 is 0 Å². The summed E-state index contributed by atoms with van der Waals surface area (Å²) in [5.41, 5.74) is 2.08. The summed E-state index contributed by atoms with van der Waals surface area (Å²) in [6.07, 6.45) is 4.67. The Morgan fingerprint density at radius 3 is 2.11 bits per heavy atom.